The molecule has 3 saturated carbocycles. The number of nitrogens with one attached hydrogen (secondary N) is 2. The van der Waals surface area contributed by atoms with Crippen molar-refractivity contribution in [2.75, 3.05) is 25.6 Å². The molecule has 38 heavy (non-hydrogen) atoms. The van der Waals surface area contributed by atoms with Gasteiger partial charge in [-0.3, -0.25) is 14.6 Å². The lowest BCUT2D eigenvalue weighted by Crippen LogP contribution is -2.54. The van der Waals surface area contributed by atoms with Crippen molar-refractivity contribution in [1.29, 1.82) is 5.26 Å². The maximum atomic E-state index is 13.2. The maximum Gasteiger partial charge on any atom is 0.255 e. The molecule has 3 N–H and O–H groups in total. The highest BCUT2D eigenvalue weighted by atomic mass is 16.5. The smallest absolute Gasteiger partial charge is 0.255 e. The molecule has 0 saturated heterocycles. The monoisotopic (exact) mass is 516 g/mol. The molecular weight excluding hydrogens is 484 g/mol. The van der Waals surface area contributed by atoms with Gasteiger partial charge in [0.15, 0.2) is 5.78 Å². The van der Waals surface area contributed by atoms with Gasteiger partial charge in [-0.05, 0) is 69.2 Å². The van der Waals surface area contributed by atoms with Gasteiger partial charge in [-0.1, -0.05) is 0 Å². The van der Waals surface area contributed by atoms with E-state index in [1.54, 1.807) is 17.7 Å². The van der Waals surface area contributed by atoms with E-state index >= 15 is 0 Å². The van der Waals surface area contributed by atoms with E-state index in [9.17, 15) is 20.0 Å². The van der Waals surface area contributed by atoms with Gasteiger partial charge in [-0.15, -0.1) is 0 Å². The number of methoxy groups -OCH3 is 1. The van der Waals surface area contributed by atoms with Crippen molar-refractivity contribution in [3.8, 4) is 17.5 Å². The van der Waals surface area contributed by atoms with E-state index in [0.717, 1.165) is 49.7 Å². The third-order valence-corrected chi connectivity index (χ3v) is 7.90. The average molecular weight is 517 g/mol. The molecule has 198 valence electrons. The minimum atomic E-state index is -0.574. The normalized spacial score (nSPS) is 22.2. The zero-order chi connectivity index (χ0) is 26.8. The number of aliphatic hydroxyl groups is 1. The number of hydrogen-bond donors (Lipinski definition) is 3. The molecule has 2 bridgehead atoms. The van der Waals surface area contributed by atoms with Gasteiger partial charge in [-0.25, -0.2) is 4.52 Å². The molecule has 3 aromatic rings. The molecule has 0 spiro atoms. The highest BCUT2D eigenvalue weighted by Crippen LogP contribution is 2.48. The topological polar surface area (TPSA) is 142 Å². The summed E-state index contributed by atoms with van der Waals surface area (Å²) in [7, 11) is 1.59. The second-order valence-corrected chi connectivity index (χ2v) is 10.5. The number of ether oxygens (including phenoxy) is 1. The number of carbonyl (C=O) groups excluding carboxylic acids is 2. The van der Waals surface area contributed by atoms with Crippen LogP contribution in [0.25, 0.3) is 16.9 Å². The van der Waals surface area contributed by atoms with Crippen LogP contribution in [0.2, 0.25) is 0 Å². The van der Waals surface area contributed by atoms with Crippen molar-refractivity contribution in [2.24, 2.45) is 0 Å². The fourth-order valence-corrected chi connectivity index (χ4v) is 5.55. The first-order valence-corrected chi connectivity index (χ1v) is 13.0. The van der Waals surface area contributed by atoms with Gasteiger partial charge in [-0.2, -0.15) is 10.4 Å². The number of pyridine rings is 1. The van der Waals surface area contributed by atoms with Gasteiger partial charge < -0.3 is 20.5 Å². The SMILES string of the molecule is COCCCC(=O)CNC(=O)c1cnc(-c2ccc3cc(C#N)cnn23)cc1NC12CCC(O)(CC1)CC2. The summed E-state index contributed by atoms with van der Waals surface area (Å²) in [5.41, 5.74) is 2.79. The molecule has 0 atom stereocenters. The van der Waals surface area contributed by atoms with Crippen LogP contribution in [-0.2, 0) is 9.53 Å². The lowest BCUT2D eigenvalue weighted by Gasteiger charge is -2.51. The van der Waals surface area contributed by atoms with E-state index in [1.807, 2.05) is 18.2 Å². The second kappa shape index (κ2) is 10.5. The number of aromatic nitrogens is 3. The van der Waals surface area contributed by atoms with Crippen LogP contribution in [0.4, 0.5) is 5.69 Å². The zero-order valence-electron chi connectivity index (χ0n) is 21.5. The van der Waals surface area contributed by atoms with Crippen LogP contribution >= 0.6 is 0 Å². The largest absolute Gasteiger partial charge is 0.390 e. The van der Waals surface area contributed by atoms with E-state index in [4.69, 9.17) is 4.74 Å². The summed E-state index contributed by atoms with van der Waals surface area (Å²) < 4.78 is 6.71. The lowest BCUT2D eigenvalue weighted by molar-refractivity contribution is -0.118. The number of Topliss-reactive ketones (excluding diaryl/α,β-unsaturated/α-hetero) is 1. The quantitative estimate of drug-likeness (QED) is 0.349. The maximum absolute atomic E-state index is 13.2. The zero-order valence-corrected chi connectivity index (χ0v) is 21.5. The van der Waals surface area contributed by atoms with E-state index in [1.165, 1.54) is 12.4 Å². The van der Waals surface area contributed by atoms with E-state index in [2.05, 4.69) is 26.8 Å². The van der Waals surface area contributed by atoms with Crippen LogP contribution < -0.4 is 10.6 Å². The van der Waals surface area contributed by atoms with Gasteiger partial charge in [0.1, 0.15) is 6.07 Å². The van der Waals surface area contributed by atoms with Gasteiger partial charge in [0, 0.05) is 31.9 Å². The summed E-state index contributed by atoms with van der Waals surface area (Å²) in [5, 5.41) is 30.7. The lowest BCUT2D eigenvalue weighted by atomic mass is 9.63. The number of fused-ring (bicyclic) bond motifs is 4. The number of nitrogens with zero attached hydrogens (tertiary/aromatic N) is 4. The molecule has 3 aromatic heterocycles. The van der Waals surface area contributed by atoms with Crippen molar-refractivity contribution in [3.05, 3.63) is 47.8 Å². The molecule has 3 aliphatic rings. The van der Waals surface area contributed by atoms with Crippen LogP contribution in [0.5, 0.6) is 0 Å². The third kappa shape index (κ3) is 5.26. The van der Waals surface area contributed by atoms with E-state index in [-0.39, 0.29) is 23.8 Å². The Hall–Kier alpha value is -3.81. The first-order chi connectivity index (χ1) is 18.3. The molecule has 3 fully saturated rings. The van der Waals surface area contributed by atoms with Crippen LogP contribution in [0.3, 0.4) is 0 Å². The van der Waals surface area contributed by atoms with Gasteiger partial charge in [0.05, 0.1) is 52.1 Å². The summed E-state index contributed by atoms with van der Waals surface area (Å²) in [6, 6.07) is 9.46. The van der Waals surface area contributed by atoms with Crippen LogP contribution in [-0.4, -0.2) is 62.8 Å². The first-order valence-electron chi connectivity index (χ1n) is 13.0. The average Bonchev–Trinajstić information content (AvgIpc) is 3.36. The van der Waals surface area contributed by atoms with Gasteiger partial charge in [0.25, 0.3) is 5.91 Å². The number of amides is 1. The Morgan fingerprint density at radius 1 is 1.16 bits per heavy atom. The molecule has 6 rings (SSSR count). The van der Waals surface area contributed by atoms with Crippen LogP contribution in [0.1, 0.15) is 67.3 Å². The predicted molar refractivity (Wildman–Crippen MR) is 141 cm³/mol. The summed E-state index contributed by atoms with van der Waals surface area (Å²) >= 11 is 0. The van der Waals surface area contributed by atoms with Crippen molar-refractivity contribution in [1.82, 2.24) is 19.9 Å². The van der Waals surface area contributed by atoms with Crippen molar-refractivity contribution in [2.45, 2.75) is 62.5 Å². The van der Waals surface area contributed by atoms with Crippen LogP contribution in [0.15, 0.2) is 36.7 Å². The third-order valence-electron chi connectivity index (χ3n) is 7.90. The standard InChI is InChI=1S/C28H32N6O4/c1-38-12-2-3-21(35)17-31-26(36)22-18-30-24(25-5-4-20-13-19(15-29)16-32-34(20)25)14-23(22)33-27-6-9-28(37,10-7-27)11-8-27/h4-5,13-14,16,18,37H,2-3,6-12,17H2,1H3,(H,30,33)(H,31,36). The Balaban J connectivity index is 1.44. The van der Waals surface area contributed by atoms with Gasteiger partial charge >= 0.3 is 0 Å². The summed E-state index contributed by atoms with van der Waals surface area (Å²) in [5.74, 6) is -0.433. The Kier molecular flexibility index (Phi) is 7.15. The minimum Gasteiger partial charge on any atom is -0.390 e. The Labute approximate surface area is 221 Å². The molecular formula is C28H32N6O4. The second-order valence-electron chi connectivity index (χ2n) is 10.5. The highest BCUT2D eigenvalue weighted by Gasteiger charge is 2.48. The van der Waals surface area contributed by atoms with Crippen molar-refractivity contribution in [3.63, 3.8) is 0 Å². The molecule has 0 aromatic carbocycles. The molecule has 3 heterocycles. The number of carbonyl (C=O) groups is 2. The molecule has 10 nitrogen and oxygen atoms in total. The summed E-state index contributed by atoms with van der Waals surface area (Å²) in [6.07, 6.45) is 8.60. The minimum absolute atomic E-state index is 0.0591. The molecule has 0 radical (unpaired) electrons. The molecule has 0 aliphatic heterocycles. The number of ketones is 1. The van der Waals surface area contributed by atoms with Gasteiger partial charge in [0.2, 0.25) is 0 Å². The molecule has 1 amide bonds. The fourth-order valence-electron chi connectivity index (χ4n) is 5.55. The van der Waals surface area contributed by atoms with Crippen molar-refractivity contribution >= 4 is 22.9 Å². The number of nitriles is 1. The van der Waals surface area contributed by atoms with Crippen LogP contribution in [0, 0.1) is 11.3 Å². The highest BCUT2D eigenvalue weighted by molar-refractivity contribution is 6.01. The number of rotatable bonds is 10. The molecule has 3 aliphatic carbocycles. The summed E-state index contributed by atoms with van der Waals surface area (Å²) in [6.45, 7) is 0.438. The predicted octanol–water partition coefficient (Wildman–Crippen LogP) is 3.24. The summed E-state index contributed by atoms with van der Waals surface area (Å²) in [4.78, 5) is 30.0. The molecule has 10 heteroatoms. The van der Waals surface area contributed by atoms with E-state index < -0.39 is 5.60 Å². The number of anilines is 1. The molecule has 0 unspecified atom stereocenters. The Bertz CT molecular complexity index is 1380. The van der Waals surface area contributed by atoms with Crippen molar-refractivity contribution < 1.29 is 19.4 Å². The Morgan fingerprint density at radius 3 is 2.63 bits per heavy atom. The number of hydrogen-bond acceptors (Lipinski definition) is 8. The fraction of sp³-hybridized carbons (Fsp3) is 0.464. The van der Waals surface area contributed by atoms with E-state index in [0.29, 0.717) is 42.0 Å². The Morgan fingerprint density at radius 2 is 1.92 bits per heavy atom. The first kappa shape index (κ1) is 25.8.